The van der Waals surface area contributed by atoms with Crippen molar-refractivity contribution in [2.24, 2.45) is 5.92 Å². The number of ether oxygens (including phenoxy) is 1. The number of rotatable bonds is 3. The molecule has 0 saturated heterocycles. The zero-order valence-corrected chi connectivity index (χ0v) is 8.00. The van der Waals surface area contributed by atoms with Crippen LogP contribution in [0.15, 0.2) is 11.6 Å². The Hall–Kier alpha value is -0.830. The molecule has 0 aromatic heterocycles. The van der Waals surface area contributed by atoms with E-state index in [-0.39, 0.29) is 5.97 Å². The van der Waals surface area contributed by atoms with Crippen molar-refractivity contribution in [2.75, 3.05) is 7.11 Å². The van der Waals surface area contributed by atoms with Gasteiger partial charge in [0.05, 0.1) is 19.1 Å². The fourth-order valence-electron chi connectivity index (χ4n) is 0.880. The number of carbonyl (C=O) groups is 1. The maximum atomic E-state index is 11.0. The van der Waals surface area contributed by atoms with Gasteiger partial charge in [-0.25, -0.2) is 0 Å². The molecule has 0 saturated carbocycles. The van der Waals surface area contributed by atoms with Gasteiger partial charge in [-0.1, -0.05) is 6.08 Å². The molecule has 0 amide bonds. The van der Waals surface area contributed by atoms with Crippen LogP contribution in [0.25, 0.3) is 0 Å². The molecule has 0 bridgehead atoms. The first-order valence-electron chi connectivity index (χ1n) is 3.93. The van der Waals surface area contributed by atoms with Crippen LogP contribution in [0.2, 0.25) is 0 Å². The quantitative estimate of drug-likeness (QED) is 0.512. The Kier molecular flexibility index (Phi) is 4.59. The van der Waals surface area contributed by atoms with Gasteiger partial charge in [-0.05, 0) is 26.3 Å². The number of hydrogen-bond donors (Lipinski definition) is 1. The van der Waals surface area contributed by atoms with Gasteiger partial charge in [0, 0.05) is 0 Å². The average Bonchev–Trinajstić information content (AvgIpc) is 2.12. The Bertz CT molecular complexity index is 184. The Balaban J connectivity index is 4.28. The molecule has 0 unspecified atom stereocenters. The molecule has 3 nitrogen and oxygen atoms in total. The average molecular weight is 172 g/mol. The Labute approximate surface area is 73.0 Å². The van der Waals surface area contributed by atoms with E-state index < -0.39 is 12.0 Å². The van der Waals surface area contributed by atoms with Crippen molar-refractivity contribution >= 4 is 5.97 Å². The van der Waals surface area contributed by atoms with E-state index >= 15 is 0 Å². The second-order valence-electron chi connectivity index (χ2n) is 2.79. The fraction of sp³-hybridized carbons (Fsp3) is 0.667. The van der Waals surface area contributed by atoms with E-state index in [1.807, 2.05) is 6.92 Å². The standard InChI is InChI=1S/C9H16O3/c1-5-6(2)8(10)7(3)9(11)12-4/h5,7-8,10H,1-4H3/b6-5+/t7-,8+/m0/s1. The van der Waals surface area contributed by atoms with Gasteiger partial charge >= 0.3 is 5.97 Å². The number of aliphatic hydroxyl groups is 1. The SMILES string of the molecule is C/C=C(\C)[C@@H](O)[C@H](C)C(=O)OC. The maximum absolute atomic E-state index is 11.0. The summed E-state index contributed by atoms with van der Waals surface area (Å²) >= 11 is 0. The van der Waals surface area contributed by atoms with Gasteiger partial charge in [-0.3, -0.25) is 4.79 Å². The van der Waals surface area contributed by atoms with Crippen LogP contribution in [0.1, 0.15) is 20.8 Å². The lowest BCUT2D eigenvalue weighted by atomic mass is 9.98. The highest BCUT2D eigenvalue weighted by molar-refractivity contribution is 5.73. The molecule has 70 valence electrons. The molecule has 12 heavy (non-hydrogen) atoms. The highest BCUT2D eigenvalue weighted by Crippen LogP contribution is 2.12. The summed E-state index contributed by atoms with van der Waals surface area (Å²) in [6.07, 6.45) is 1.05. The molecule has 0 aromatic carbocycles. The van der Waals surface area contributed by atoms with Crippen LogP contribution in [-0.2, 0) is 9.53 Å². The van der Waals surface area contributed by atoms with Crippen LogP contribution in [0, 0.1) is 5.92 Å². The zero-order chi connectivity index (χ0) is 9.72. The molecule has 0 aliphatic rings. The van der Waals surface area contributed by atoms with Gasteiger partial charge in [0.25, 0.3) is 0 Å². The molecule has 0 rings (SSSR count). The van der Waals surface area contributed by atoms with Gasteiger partial charge in [-0.2, -0.15) is 0 Å². The molecule has 0 spiro atoms. The second kappa shape index (κ2) is 4.93. The third-order valence-corrected chi connectivity index (χ3v) is 1.97. The van der Waals surface area contributed by atoms with Crippen molar-refractivity contribution in [3.8, 4) is 0 Å². The topological polar surface area (TPSA) is 46.5 Å². The van der Waals surface area contributed by atoms with Crippen LogP contribution < -0.4 is 0 Å². The number of allylic oxidation sites excluding steroid dienone is 1. The van der Waals surface area contributed by atoms with E-state index in [2.05, 4.69) is 4.74 Å². The minimum Gasteiger partial charge on any atom is -0.469 e. The van der Waals surface area contributed by atoms with Crippen molar-refractivity contribution in [1.82, 2.24) is 0 Å². The summed E-state index contributed by atoms with van der Waals surface area (Å²) < 4.78 is 4.50. The predicted octanol–water partition coefficient (Wildman–Crippen LogP) is 1.12. The lowest BCUT2D eigenvalue weighted by molar-refractivity contribution is -0.147. The third-order valence-electron chi connectivity index (χ3n) is 1.97. The lowest BCUT2D eigenvalue weighted by Gasteiger charge is -2.16. The molecule has 0 heterocycles. The number of hydrogen-bond acceptors (Lipinski definition) is 3. The van der Waals surface area contributed by atoms with Crippen LogP contribution in [0.3, 0.4) is 0 Å². The zero-order valence-electron chi connectivity index (χ0n) is 8.00. The summed E-state index contributed by atoms with van der Waals surface area (Å²) in [6.45, 7) is 5.25. The monoisotopic (exact) mass is 172 g/mol. The smallest absolute Gasteiger partial charge is 0.311 e. The molecule has 0 aliphatic heterocycles. The summed E-state index contributed by atoms with van der Waals surface area (Å²) in [4.78, 5) is 11.0. The molecule has 0 aromatic rings. The number of aliphatic hydroxyl groups excluding tert-OH is 1. The third kappa shape index (κ3) is 2.66. The van der Waals surface area contributed by atoms with Gasteiger partial charge in [-0.15, -0.1) is 0 Å². The summed E-state index contributed by atoms with van der Waals surface area (Å²) in [6, 6.07) is 0. The van der Waals surface area contributed by atoms with Gasteiger partial charge in [0.2, 0.25) is 0 Å². The molecule has 1 N–H and O–H groups in total. The van der Waals surface area contributed by atoms with Crippen LogP contribution >= 0.6 is 0 Å². The minimum absolute atomic E-state index is 0.385. The molecule has 3 heteroatoms. The van der Waals surface area contributed by atoms with Crippen molar-refractivity contribution in [3.63, 3.8) is 0 Å². The molecular weight excluding hydrogens is 156 g/mol. The first kappa shape index (κ1) is 11.2. The number of esters is 1. The molecule has 0 fully saturated rings. The van der Waals surface area contributed by atoms with Crippen LogP contribution in [-0.4, -0.2) is 24.3 Å². The first-order chi connectivity index (χ1) is 5.54. The lowest BCUT2D eigenvalue weighted by Crippen LogP contribution is -2.27. The summed E-state index contributed by atoms with van der Waals surface area (Å²) in [5.41, 5.74) is 0.785. The Morgan fingerprint density at radius 1 is 1.58 bits per heavy atom. The van der Waals surface area contributed by atoms with Gasteiger partial charge < -0.3 is 9.84 Å². The molecular formula is C9H16O3. The fourth-order valence-corrected chi connectivity index (χ4v) is 0.880. The molecule has 2 atom stereocenters. The van der Waals surface area contributed by atoms with E-state index in [9.17, 15) is 9.90 Å². The summed E-state index contributed by atoms with van der Waals surface area (Å²) in [5.74, 6) is -0.880. The van der Waals surface area contributed by atoms with Crippen molar-refractivity contribution in [3.05, 3.63) is 11.6 Å². The van der Waals surface area contributed by atoms with E-state index in [1.165, 1.54) is 7.11 Å². The normalized spacial score (nSPS) is 16.9. The highest BCUT2D eigenvalue weighted by Gasteiger charge is 2.23. The largest absolute Gasteiger partial charge is 0.469 e. The Morgan fingerprint density at radius 3 is 2.42 bits per heavy atom. The van der Waals surface area contributed by atoms with Crippen LogP contribution in [0.5, 0.6) is 0 Å². The van der Waals surface area contributed by atoms with E-state index in [0.717, 1.165) is 5.57 Å². The summed E-state index contributed by atoms with van der Waals surface area (Å²) in [7, 11) is 1.32. The van der Waals surface area contributed by atoms with Crippen molar-refractivity contribution in [2.45, 2.75) is 26.9 Å². The first-order valence-corrected chi connectivity index (χ1v) is 3.93. The number of carbonyl (C=O) groups excluding carboxylic acids is 1. The van der Waals surface area contributed by atoms with Crippen molar-refractivity contribution in [1.29, 1.82) is 0 Å². The molecule has 0 radical (unpaired) electrons. The predicted molar refractivity (Wildman–Crippen MR) is 46.6 cm³/mol. The second-order valence-corrected chi connectivity index (χ2v) is 2.79. The molecule has 0 aliphatic carbocycles. The maximum Gasteiger partial charge on any atom is 0.311 e. The van der Waals surface area contributed by atoms with Crippen LogP contribution in [0.4, 0.5) is 0 Å². The Morgan fingerprint density at radius 2 is 2.08 bits per heavy atom. The van der Waals surface area contributed by atoms with E-state index in [0.29, 0.717) is 0 Å². The minimum atomic E-state index is -0.734. The van der Waals surface area contributed by atoms with Crippen molar-refractivity contribution < 1.29 is 14.6 Å². The van der Waals surface area contributed by atoms with Gasteiger partial charge in [0.15, 0.2) is 0 Å². The van der Waals surface area contributed by atoms with E-state index in [4.69, 9.17) is 0 Å². The summed E-state index contributed by atoms with van der Waals surface area (Å²) in [5, 5.41) is 9.52. The highest BCUT2D eigenvalue weighted by atomic mass is 16.5. The number of methoxy groups -OCH3 is 1. The van der Waals surface area contributed by atoms with Gasteiger partial charge in [0.1, 0.15) is 0 Å². The van der Waals surface area contributed by atoms with E-state index in [1.54, 1.807) is 19.9 Å².